The quantitative estimate of drug-likeness (QED) is 0.722. The van der Waals surface area contributed by atoms with E-state index >= 15 is 0 Å². The molecule has 0 fully saturated rings. The molecule has 0 radical (unpaired) electrons. The predicted octanol–water partition coefficient (Wildman–Crippen LogP) is 4.18. The summed E-state index contributed by atoms with van der Waals surface area (Å²) in [6.45, 7) is 1.61. The third-order valence-corrected chi connectivity index (χ3v) is 4.00. The van der Waals surface area contributed by atoms with Gasteiger partial charge in [0.15, 0.2) is 0 Å². The molecule has 0 saturated carbocycles. The number of benzene rings is 2. The lowest BCUT2D eigenvalue weighted by Crippen LogP contribution is -2.24. The van der Waals surface area contributed by atoms with E-state index in [1.165, 1.54) is 16.8 Å². The van der Waals surface area contributed by atoms with Crippen LogP contribution in [0, 0.1) is 6.92 Å². The Morgan fingerprint density at radius 3 is 2.56 bits per heavy atom. The predicted molar refractivity (Wildman–Crippen MR) is 93.7 cm³/mol. The molecular weight excluding hydrogens is 381 g/mol. The van der Waals surface area contributed by atoms with E-state index in [0.29, 0.717) is 22.1 Å². The molecular formula is C18H14ClF3N4O. The van der Waals surface area contributed by atoms with Gasteiger partial charge in [-0.1, -0.05) is 23.7 Å². The van der Waals surface area contributed by atoms with E-state index in [-0.39, 0.29) is 12.4 Å². The highest BCUT2D eigenvalue weighted by Crippen LogP contribution is 2.29. The first-order chi connectivity index (χ1) is 12.7. The van der Waals surface area contributed by atoms with Gasteiger partial charge in [0.25, 0.3) is 5.91 Å². The van der Waals surface area contributed by atoms with Gasteiger partial charge in [-0.05, 0) is 48.9 Å². The van der Waals surface area contributed by atoms with E-state index in [0.717, 1.165) is 12.1 Å². The Hall–Kier alpha value is -2.87. The zero-order chi connectivity index (χ0) is 19.6. The smallest absolute Gasteiger partial charge is 0.345 e. The van der Waals surface area contributed by atoms with E-state index in [4.69, 9.17) is 11.6 Å². The van der Waals surface area contributed by atoms with Crippen molar-refractivity contribution < 1.29 is 18.0 Å². The second-order valence-electron chi connectivity index (χ2n) is 5.75. The van der Waals surface area contributed by atoms with Crippen LogP contribution < -0.4 is 5.32 Å². The molecule has 5 nitrogen and oxygen atoms in total. The number of alkyl halides is 3. The largest absolute Gasteiger partial charge is 0.416 e. The Morgan fingerprint density at radius 2 is 1.89 bits per heavy atom. The molecule has 3 aromatic rings. The molecule has 0 aliphatic carbocycles. The lowest BCUT2D eigenvalue weighted by Gasteiger charge is -2.09. The van der Waals surface area contributed by atoms with Gasteiger partial charge in [-0.25, -0.2) is 9.67 Å². The molecule has 0 unspecified atom stereocenters. The summed E-state index contributed by atoms with van der Waals surface area (Å²) in [7, 11) is 0. The summed E-state index contributed by atoms with van der Waals surface area (Å²) < 4.78 is 39.7. The number of aromatic nitrogens is 3. The number of carbonyl (C=O) groups excluding carboxylic acids is 1. The van der Waals surface area contributed by atoms with Crippen LogP contribution in [-0.4, -0.2) is 20.7 Å². The van der Waals surface area contributed by atoms with Crippen molar-refractivity contribution in [2.24, 2.45) is 0 Å². The Labute approximate surface area is 157 Å². The van der Waals surface area contributed by atoms with Gasteiger partial charge >= 0.3 is 6.18 Å². The maximum absolute atomic E-state index is 12.7. The number of hydrogen-bond donors (Lipinski definition) is 1. The minimum absolute atomic E-state index is 0.0721. The van der Waals surface area contributed by atoms with Gasteiger partial charge < -0.3 is 5.32 Å². The summed E-state index contributed by atoms with van der Waals surface area (Å²) >= 11 is 5.85. The molecule has 0 spiro atoms. The fourth-order valence-electron chi connectivity index (χ4n) is 2.43. The first-order valence-electron chi connectivity index (χ1n) is 7.88. The summed E-state index contributed by atoms with van der Waals surface area (Å²) in [4.78, 5) is 16.4. The van der Waals surface area contributed by atoms with Gasteiger partial charge in [-0.15, -0.1) is 5.10 Å². The number of amides is 1. The molecule has 0 atom stereocenters. The fraction of sp³-hybridized carbons (Fsp3) is 0.167. The molecule has 27 heavy (non-hydrogen) atoms. The van der Waals surface area contributed by atoms with Crippen LogP contribution in [0.4, 0.5) is 13.2 Å². The molecule has 1 N–H and O–H groups in total. The van der Waals surface area contributed by atoms with E-state index < -0.39 is 17.6 Å². The van der Waals surface area contributed by atoms with Crippen molar-refractivity contribution in [3.63, 3.8) is 0 Å². The number of nitrogens with one attached hydrogen (secondary N) is 1. The standard InChI is InChI=1S/C18H14ClF3N4O/c1-11-24-16(25-26(11)15-7-5-14(19)6-8-15)17(27)23-10-12-3-2-4-13(9-12)18(20,21)22/h2-9H,10H2,1H3,(H,23,27). The molecule has 1 heterocycles. The molecule has 0 aliphatic rings. The summed E-state index contributed by atoms with van der Waals surface area (Å²) in [5, 5.41) is 7.24. The van der Waals surface area contributed by atoms with Crippen molar-refractivity contribution in [3.8, 4) is 5.69 Å². The SMILES string of the molecule is Cc1nc(C(=O)NCc2cccc(C(F)(F)F)c2)nn1-c1ccc(Cl)cc1. The molecule has 9 heteroatoms. The van der Waals surface area contributed by atoms with Crippen molar-refractivity contribution >= 4 is 17.5 Å². The van der Waals surface area contributed by atoms with Crippen LogP contribution in [0.5, 0.6) is 0 Å². The highest BCUT2D eigenvalue weighted by molar-refractivity contribution is 6.30. The zero-order valence-corrected chi connectivity index (χ0v) is 14.8. The lowest BCUT2D eigenvalue weighted by molar-refractivity contribution is -0.137. The Kier molecular flexibility index (Phi) is 5.18. The van der Waals surface area contributed by atoms with Gasteiger partial charge in [0.2, 0.25) is 5.82 Å². The maximum Gasteiger partial charge on any atom is 0.416 e. The molecule has 2 aromatic carbocycles. The number of hydrogen-bond acceptors (Lipinski definition) is 3. The van der Waals surface area contributed by atoms with Crippen LogP contribution >= 0.6 is 11.6 Å². The normalized spacial score (nSPS) is 11.4. The highest BCUT2D eigenvalue weighted by Gasteiger charge is 2.30. The number of halogens is 4. The minimum atomic E-state index is -4.43. The molecule has 0 bridgehead atoms. The Bertz CT molecular complexity index is 967. The average molecular weight is 395 g/mol. The third-order valence-electron chi connectivity index (χ3n) is 3.75. The molecule has 0 aliphatic heterocycles. The van der Waals surface area contributed by atoms with Crippen LogP contribution in [0.3, 0.4) is 0 Å². The van der Waals surface area contributed by atoms with Crippen LogP contribution in [0.25, 0.3) is 5.69 Å². The van der Waals surface area contributed by atoms with Gasteiger partial charge in [-0.3, -0.25) is 4.79 Å². The number of nitrogens with zero attached hydrogens (tertiary/aromatic N) is 3. The van der Waals surface area contributed by atoms with Crippen molar-refractivity contribution in [2.45, 2.75) is 19.6 Å². The molecule has 140 valence electrons. The highest BCUT2D eigenvalue weighted by atomic mass is 35.5. The van der Waals surface area contributed by atoms with Gasteiger partial charge in [0.05, 0.1) is 11.3 Å². The molecule has 3 rings (SSSR count). The first-order valence-corrected chi connectivity index (χ1v) is 8.26. The van der Waals surface area contributed by atoms with Gasteiger partial charge in [0.1, 0.15) is 5.82 Å². The van der Waals surface area contributed by atoms with E-state index in [2.05, 4.69) is 15.4 Å². The van der Waals surface area contributed by atoms with Crippen molar-refractivity contribution in [1.29, 1.82) is 0 Å². The molecule has 0 saturated heterocycles. The topological polar surface area (TPSA) is 59.8 Å². The molecule has 1 aromatic heterocycles. The Morgan fingerprint density at radius 1 is 1.19 bits per heavy atom. The third kappa shape index (κ3) is 4.46. The lowest BCUT2D eigenvalue weighted by atomic mass is 10.1. The second-order valence-corrected chi connectivity index (χ2v) is 6.19. The van der Waals surface area contributed by atoms with E-state index in [1.807, 2.05) is 0 Å². The Balaban J connectivity index is 1.72. The first kappa shape index (κ1) is 18.9. The average Bonchev–Trinajstić information content (AvgIpc) is 3.02. The van der Waals surface area contributed by atoms with E-state index in [9.17, 15) is 18.0 Å². The van der Waals surface area contributed by atoms with Crippen LogP contribution in [0.1, 0.15) is 27.6 Å². The zero-order valence-electron chi connectivity index (χ0n) is 14.1. The number of rotatable bonds is 4. The van der Waals surface area contributed by atoms with Crippen molar-refractivity contribution in [1.82, 2.24) is 20.1 Å². The summed E-state index contributed by atoms with van der Waals surface area (Å²) in [5.41, 5.74) is 0.239. The summed E-state index contributed by atoms with van der Waals surface area (Å²) in [6, 6.07) is 11.6. The number of carbonyl (C=O) groups is 1. The van der Waals surface area contributed by atoms with E-state index in [1.54, 1.807) is 31.2 Å². The fourth-order valence-corrected chi connectivity index (χ4v) is 2.56. The van der Waals surface area contributed by atoms with Crippen molar-refractivity contribution in [3.05, 3.63) is 76.3 Å². The maximum atomic E-state index is 12.7. The van der Waals surface area contributed by atoms with Crippen LogP contribution in [-0.2, 0) is 12.7 Å². The van der Waals surface area contributed by atoms with Gasteiger partial charge in [0, 0.05) is 11.6 Å². The summed E-state index contributed by atoms with van der Waals surface area (Å²) in [6.07, 6.45) is -4.43. The monoisotopic (exact) mass is 394 g/mol. The number of aryl methyl sites for hydroxylation is 1. The second kappa shape index (κ2) is 7.40. The molecule has 1 amide bonds. The van der Waals surface area contributed by atoms with Crippen LogP contribution in [0.15, 0.2) is 48.5 Å². The minimum Gasteiger partial charge on any atom is -0.345 e. The van der Waals surface area contributed by atoms with Gasteiger partial charge in [-0.2, -0.15) is 13.2 Å². The van der Waals surface area contributed by atoms with Crippen LogP contribution in [0.2, 0.25) is 5.02 Å². The summed E-state index contributed by atoms with van der Waals surface area (Å²) in [5.74, 6) is -0.167. The van der Waals surface area contributed by atoms with Crippen molar-refractivity contribution in [2.75, 3.05) is 0 Å².